The Morgan fingerprint density at radius 1 is 1.11 bits per heavy atom. The van der Waals surface area contributed by atoms with E-state index < -0.39 is 17.6 Å². The molecule has 190 valence electrons. The first-order valence-corrected chi connectivity index (χ1v) is 12.5. The van der Waals surface area contributed by atoms with Crippen molar-refractivity contribution in [3.05, 3.63) is 82.1 Å². The highest BCUT2D eigenvalue weighted by molar-refractivity contribution is 6.03. The standard InChI is InChI=1S/C29H36N4O3/c1-7-32-23-17-33(22(26(34)31-29(4,5)6)16-20-11-9-8-10-12-20)27(35)24(23)25(30-28(32)36)21-14-13-18(2)15-19(21)3/h8-15,22,25H,7,16-17H2,1-6H3,(H,30,36)(H,31,34). The largest absolute Gasteiger partial charge is 0.350 e. The lowest BCUT2D eigenvalue weighted by Crippen LogP contribution is -2.54. The second-order valence-electron chi connectivity index (χ2n) is 10.7. The normalized spacial score (nSPS) is 18.8. The molecule has 0 aliphatic carbocycles. The minimum Gasteiger partial charge on any atom is -0.350 e. The molecular formula is C29H36N4O3. The Morgan fingerprint density at radius 3 is 2.42 bits per heavy atom. The van der Waals surface area contributed by atoms with Gasteiger partial charge in [-0.3, -0.25) is 14.5 Å². The van der Waals surface area contributed by atoms with Crippen molar-refractivity contribution in [1.29, 1.82) is 0 Å². The number of carbonyl (C=O) groups is 3. The molecule has 2 aliphatic heterocycles. The second-order valence-corrected chi connectivity index (χ2v) is 10.7. The van der Waals surface area contributed by atoms with Gasteiger partial charge in [0.25, 0.3) is 5.91 Å². The van der Waals surface area contributed by atoms with Crippen molar-refractivity contribution in [1.82, 2.24) is 20.4 Å². The van der Waals surface area contributed by atoms with Crippen molar-refractivity contribution >= 4 is 17.8 Å². The number of nitrogens with zero attached hydrogens (tertiary/aromatic N) is 2. The van der Waals surface area contributed by atoms with E-state index in [1.165, 1.54) is 0 Å². The van der Waals surface area contributed by atoms with Crippen molar-refractivity contribution in [2.75, 3.05) is 13.1 Å². The van der Waals surface area contributed by atoms with Gasteiger partial charge in [-0.25, -0.2) is 4.79 Å². The van der Waals surface area contributed by atoms with Gasteiger partial charge in [-0.1, -0.05) is 54.1 Å². The summed E-state index contributed by atoms with van der Waals surface area (Å²) >= 11 is 0. The van der Waals surface area contributed by atoms with Gasteiger partial charge in [0.2, 0.25) is 5.91 Å². The molecule has 4 amide bonds. The first kappa shape index (κ1) is 25.5. The van der Waals surface area contributed by atoms with Crippen molar-refractivity contribution in [3.63, 3.8) is 0 Å². The van der Waals surface area contributed by atoms with Crippen molar-refractivity contribution < 1.29 is 14.4 Å². The van der Waals surface area contributed by atoms with Crippen LogP contribution < -0.4 is 10.6 Å². The SMILES string of the molecule is CCN1C(=O)NC(c2ccc(C)cc2C)C2=C1CN(C(Cc1ccccc1)C(=O)NC(C)(C)C)C2=O. The zero-order chi connectivity index (χ0) is 26.2. The molecule has 2 aromatic rings. The Hall–Kier alpha value is -3.61. The third-order valence-electron chi connectivity index (χ3n) is 6.75. The average Bonchev–Trinajstić information content (AvgIpc) is 3.13. The first-order valence-electron chi connectivity index (χ1n) is 12.5. The summed E-state index contributed by atoms with van der Waals surface area (Å²) in [5.74, 6) is -0.414. The number of aryl methyl sites for hydroxylation is 2. The van der Waals surface area contributed by atoms with E-state index in [0.717, 1.165) is 22.3 Å². The van der Waals surface area contributed by atoms with Crippen LogP contribution in [-0.4, -0.2) is 52.3 Å². The maximum Gasteiger partial charge on any atom is 0.322 e. The fourth-order valence-corrected chi connectivity index (χ4v) is 5.12. The van der Waals surface area contributed by atoms with E-state index in [-0.39, 0.29) is 24.4 Å². The summed E-state index contributed by atoms with van der Waals surface area (Å²) in [6.07, 6.45) is 0.386. The van der Waals surface area contributed by atoms with Gasteiger partial charge in [-0.15, -0.1) is 0 Å². The maximum absolute atomic E-state index is 14.1. The number of carbonyl (C=O) groups excluding carboxylic acids is 3. The molecule has 0 fully saturated rings. The lowest BCUT2D eigenvalue weighted by atomic mass is 9.91. The third kappa shape index (κ3) is 5.01. The summed E-state index contributed by atoms with van der Waals surface area (Å²) in [7, 11) is 0. The Balaban J connectivity index is 1.75. The summed E-state index contributed by atoms with van der Waals surface area (Å²) < 4.78 is 0. The molecule has 2 atom stereocenters. The maximum atomic E-state index is 14.1. The van der Waals surface area contributed by atoms with Crippen LogP contribution in [-0.2, 0) is 16.0 Å². The van der Waals surface area contributed by atoms with E-state index in [4.69, 9.17) is 0 Å². The molecule has 2 aromatic carbocycles. The van der Waals surface area contributed by atoms with Crippen LogP contribution in [0.4, 0.5) is 4.79 Å². The monoisotopic (exact) mass is 488 g/mol. The highest BCUT2D eigenvalue weighted by Gasteiger charge is 2.47. The van der Waals surface area contributed by atoms with Crippen LogP contribution in [0.5, 0.6) is 0 Å². The van der Waals surface area contributed by atoms with Gasteiger partial charge in [0.1, 0.15) is 6.04 Å². The van der Waals surface area contributed by atoms with E-state index in [0.29, 0.717) is 24.2 Å². The molecule has 7 nitrogen and oxygen atoms in total. The molecule has 36 heavy (non-hydrogen) atoms. The Morgan fingerprint density at radius 2 is 1.81 bits per heavy atom. The third-order valence-corrected chi connectivity index (χ3v) is 6.75. The predicted octanol–water partition coefficient (Wildman–Crippen LogP) is 4.01. The number of hydrogen-bond donors (Lipinski definition) is 2. The zero-order valence-electron chi connectivity index (χ0n) is 22.0. The topological polar surface area (TPSA) is 81.8 Å². The Kier molecular flexibility index (Phi) is 6.94. The quantitative estimate of drug-likeness (QED) is 0.645. The number of nitrogens with one attached hydrogen (secondary N) is 2. The summed E-state index contributed by atoms with van der Waals surface area (Å²) in [4.78, 5) is 44.0. The average molecular weight is 489 g/mol. The predicted molar refractivity (Wildman–Crippen MR) is 140 cm³/mol. The highest BCUT2D eigenvalue weighted by Crippen LogP contribution is 2.38. The van der Waals surface area contributed by atoms with E-state index in [2.05, 4.69) is 16.7 Å². The minimum absolute atomic E-state index is 0.204. The van der Waals surface area contributed by atoms with Crippen molar-refractivity contribution in [3.8, 4) is 0 Å². The molecule has 0 radical (unpaired) electrons. The molecule has 0 bridgehead atoms. The smallest absolute Gasteiger partial charge is 0.322 e. The first-order chi connectivity index (χ1) is 17.0. The number of urea groups is 1. The fraction of sp³-hybridized carbons (Fsp3) is 0.414. The molecule has 0 spiro atoms. The minimum atomic E-state index is -0.710. The Bertz CT molecular complexity index is 1210. The van der Waals surface area contributed by atoms with Gasteiger partial charge in [0.15, 0.2) is 0 Å². The fourth-order valence-electron chi connectivity index (χ4n) is 5.12. The van der Waals surface area contributed by atoms with Gasteiger partial charge in [-0.2, -0.15) is 0 Å². The van der Waals surface area contributed by atoms with Crippen LogP contribution in [0.1, 0.15) is 56.0 Å². The van der Waals surface area contributed by atoms with Crippen LogP contribution in [0, 0.1) is 13.8 Å². The molecule has 2 aliphatic rings. The number of amides is 4. The highest BCUT2D eigenvalue weighted by atomic mass is 16.2. The Labute approximate surface area is 213 Å². The summed E-state index contributed by atoms with van der Waals surface area (Å²) in [6.45, 7) is 12.3. The molecule has 2 unspecified atom stereocenters. The number of hydrogen-bond acceptors (Lipinski definition) is 3. The van der Waals surface area contributed by atoms with Gasteiger partial charge >= 0.3 is 6.03 Å². The summed E-state index contributed by atoms with van der Waals surface area (Å²) in [5, 5.41) is 6.12. The summed E-state index contributed by atoms with van der Waals surface area (Å²) in [5.41, 5.74) is 4.76. The molecule has 0 saturated heterocycles. The van der Waals surface area contributed by atoms with Gasteiger partial charge in [-0.05, 0) is 58.2 Å². The van der Waals surface area contributed by atoms with E-state index >= 15 is 0 Å². The molecule has 2 N–H and O–H groups in total. The molecule has 4 rings (SSSR count). The van der Waals surface area contributed by atoms with Crippen LogP contribution in [0.2, 0.25) is 0 Å². The molecule has 7 heteroatoms. The van der Waals surface area contributed by atoms with Crippen LogP contribution in [0.15, 0.2) is 59.8 Å². The van der Waals surface area contributed by atoms with Crippen LogP contribution >= 0.6 is 0 Å². The van der Waals surface area contributed by atoms with Crippen LogP contribution in [0.25, 0.3) is 0 Å². The second kappa shape index (κ2) is 9.80. The number of benzene rings is 2. The van der Waals surface area contributed by atoms with Crippen molar-refractivity contribution in [2.24, 2.45) is 0 Å². The lowest BCUT2D eigenvalue weighted by Gasteiger charge is -2.33. The summed E-state index contributed by atoms with van der Waals surface area (Å²) in [6, 6.07) is 14.3. The van der Waals surface area contributed by atoms with Crippen LogP contribution in [0.3, 0.4) is 0 Å². The molecule has 2 heterocycles. The zero-order valence-corrected chi connectivity index (χ0v) is 22.0. The number of rotatable bonds is 6. The van der Waals surface area contributed by atoms with E-state index in [1.54, 1.807) is 9.80 Å². The van der Waals surface area contributed by atoms with Gasteiger partial charge < -0.3 is 15.5 Å². The molecule has 0 aromatic heterocycles. The number of likely N-dealkylation sites (N-methyl/N-ethyl adjacent to an activating group) is 1. The van der Waals surface area contributed by atoms with E-state index in [9.17, 15) is 14.4 Å². The molecular weight excluding hydrogens is 452 g/mol. The van der Waals surface area contributed by atoms with E-state index in [1.807, 2.05) is 84.0 Å². The van der Waals surface area contributed by atoms with Gasteiger partial charge in [0, 0.05) is 18.5 Å². The van der Waals surface area contributed by atoms with Crippen molar-refractivity contribution in [2.45, 2.75) is 65.6 Å². The lowest BCUT2D eigenvalue weighted by molar-refractivity contribution is -0.137. The molecule has 0 saturated carbocycles. The van der Waals surface area contributed by atoms with Gasteiger partial charge in [0.05, 0.1) is 23.9 Å².